The van der Waals surface area contributed by atoms with Gasteiger partial charge in [0, 0.05) is 56.7 Å². The molecule has 2 aliphatic heterocycles. The van der Waals surface area contributed by atoms with Crippen LogP contribution < -0.4 is 10.2 Å². The molecule has 5 nitrogen and oxygen atoms in total. The normalized spacial score (nSPS) is 20.9. The van der Waals surface area contributed by atoms with Crippen molar-refractivity contribution in [3.05, 3.63) is 24.3 Å². The summed E-state index contributed by atoms with van der Waals surface area (Å²) in [5.74, 6) is 0.210. The molecule has 1 amide bonds. The standard InChI is InChI=1S/C17H25N3O2/c1-19-8-10-20(11-9-19)16-4-2-15(3-5-16)18-17(21)14-6-12-22-13-7-14/h2-5,14H,6-13H2,1H3,(H,18,21). The van der Waals surface area contributed by atoms with Gasteiger partial charge in [-0.15, -0.1) is 0 Å². The van der Waals surface area contributed by atoms with Crippen LogP contribution in [0.15, 0.2) is 24.3 Å². The summed E-state index contributed by atoms with van der Waals surface area (Å²) in [5.41, 5.74) is 2.12. The van der Waals surface area contributed by atoms with Crippen LogP contribution in [0.1, 0.15) is 12.8 Å². The van der Waals surface area contributed by atoms with E-state index < -0.39 is 0 Å². The molecule has 0 saturated carbocycles. The maximum absolute atomic E-state index is 12.2. The summed E-state index contributed by atoms with van der Waals surface area (Å²) in [5, 5.41) is 3.03. The molecule has 2 fully saturated rings. The predicted octanol–water partition coefficient (Wildman–Crippen LogP) is 1.80. The van der Waals surface area contributed by atoms with Crippen molar-refractivity contribution in [1.82, 2.24) is 4.90 Å². The lowest BCUT2D eigenvalue weighted by Gasteiger charge is -2.34. The predicted molar refractivity (Wildman–Crippen MR) is 88.3 cm³/mol. The molecule has 0 radical (unpaired) electrons. The Labute approximate surface area is 132 Å². The SMILES string of the molecule is CN1CCN(c2ccc(NC(=O)C3CCOCC3)cc2)CC1. The summed E-state index contributed by atoms with van der Waals surface area (Å²) in [6, 6.07) is 8.21. The Hall–Kier alpha value is -1.59. The van der Waals surface area contributed by atoms with Gasteiger partial charge in [0.2, 0.25) is 5.91 Å². The second kappa shape index (κ2) is 7.11. The van der Waals surface area contributed by atoms with Crippen LogP contribution in [-0.4, -0.2) is 57.2 Å². The zero-order valence-corrected chi connectivity index (χ0v) is 13.3. The van der Waals surface area contributed by atoms with Crippen molar-refractivity contribution >= 4 is 17.3 Å². The van der Waals surface area contributed by atoms with Crippen LogP contribution in [0.3, 0.4) is 0 Å². The zero-order valence-electron chi connectivity index (χ0n) is 13.3. The van der Waals surface area contributed by atoms with E-state index in [4.69, 9.17) is 4.74 Å². The van der Waals surface area contributed by atoms with Crippen LogP contribution in [-0.2, 0) is 9.53 Å². The molecule has 0 aromatic heterocycles. The van der Waals surface area contributed by atoms with E-state index in [1.54, 1.807) is 0 Å². The van der Waals surface area contributed by atoms with E-state index in [1.165, 1.54) is 5.69 Å². The van der Waals surface area contributed by atoms with Crippen LogP contribution in [0.2, 0.25) is 0 Å². The van der Waals surface area contributed by atoms with E-state index in [0.717, 1.165) is 44.7 Å². The van der Waals surface area contributed by atoms with Crippen molar-refractivity contribution in [1.29, 1.82) is 0 Å². The number of nitrogens with one attached hydrogen (secondary N) is 1. The number of hydrogen-bond donors (Lipinski definition) is 1. The molecular weight excluding hydrogens is 278 g/mol. The van der Waals surface area contributed by atoms with Crippen molar-refractivity contribution in [3.63, 3.8) is 0 Å². The number of piperazine rings is 1. The van der Waals surface area contributed by atoms with Gasteiger partial charge in [-0.3, -0.25) is 4.79 Å². The van der Waals surface area contributed by atoms with Crippen molar-refractivity contribution in [2.24, 2.45) is 5.92 Å². The first-order chi connectivity index (χ1) is 10.7. The fourth-order valence-corrected chi connectivity index (χ4v) is 3.02. The summed E-state index contributed by atoms with van der Waals surface area (Å²) < 4.78 is 5.30. The molecule has 0 bridgehead atoms. The first kappa shape index (κ1) is 15.3. The highest BCUT2D eigenvalue weighted by Gasteiger charge is 2.21. The maximum atomic E-state index is 12.2. The van der Waals surface area contributed by atoms with Gasteiger partial charge in [-0.05, 0) is 44.2 Å². The zero-order chi connectivity index (χ0) is 15.4. The van der Waals surface area contributed by atoms with E-state index in [0.29, 0.717) is 13.2 Å². The fraction of sp³-hybridized carbons (Fsp3) is 0.588. The van der Waals surface area contributed by atoms with Crippen molar-refractivity contribution in [2.45, 2.75) is 12.8 Å². The topological polar surface area (TPSA) is 44.8 Å². The second-order valence-corrected chi connectivity index (χ2v) is 6.21. The maximum Gasteiger partial charge on any atom is 0.227 e. The van der Waals surface area contributed by atoms with E-state index in [9.17, 15) is 4.79 Å². The Balaban J connectivity index is 1.56. The monoisotopic (exact) mass is 303 g/mol. The van der Waals surface area contributed by atoms with Gasteiger partial charge in [-0.25, -0.2) is 0 Å². The summed E-state index contributed by atoms with van der Waals surface area (Å²) in [6.07, 6.45) is 1.65. The van der Waals surface area contributed by atoms with Gasteiger partial charge in [-0.1, -0.05) is 0 Å². The van der Waals surface area contributed by atoms with Gasteiger partial charge in [0.05, 0.1) is 0 Å². The molecule has 0 spiro atoms. The summed E-state index contributed by atoms with van der Waals surface area (Å²) in [7, 11) is 2.16. The first-order valence-electron chi connectivity index (χ1n) is 8.14. The molecule has 3 rings (SSSR count). The van der Waals surface area contributed by atoms with Gasteiger partial charge in [0.15, 0.2) is 0 Å². The highest BCUT2D eigenvalue weighted by atomic mass is 16.5. The minimum Gasteiger partial charge on any atom is -0.381 e. The van der Waals surface area contributed by atoms with Crippen LogP contribution in [0.25, 0.3) is 0 Å². The lowest BCUT2D eigenvalue weighted by atomic mass is 9.99. The van der Waals surface area contributed by atoms with Gasteiger partial charge in [-0.2, -0.15) is 0 Å². The lowest BCUT2D eigenvalue weighted by molar-refractivity contribution is -0.122. The molecule has 2 saturated heterocycles. The van der Waals surface area contributed by atoms with Gasteiger partial charge in [0.1, 0.15) is 0 Å². The Morgan fingerprint density at radius 3 is 2.36 bits per heavy atom. The van der Waals surface area contributed by atoms with Gasteiger partial charge in [0.25, 0.3) is 0 Å². The van der Waals surface area contributed by atoms with Crippen LogP contribution >= 0.6 is 0 Å². The smallest absolute Gasteiger partial charge is 0.227 e. The average molecular weight is 303 g/mol. The molecule has 1 aromatic rings. The molecule has 5 heteroatoms. The Morgan fingerprint density at radius 2 is 1.73 bits per heavy atom. The number of nitrogens with zero attached hydrogens (tertiary/aromatic N) is 2. The molecule has 2 aliphatic rings. The average Bonchev–Trinajstić information content (AvgIpc) is 2.57. The summed E-state index contributed by atoms with van der Waals surface area (Å²) in [4.78, 5) is 16.9. The van der Waals surface area contributed by atoms with Crippen molar-refractivity contribution in [2.75, 3.05) is 56.7 Å². The molecule has 1 aromatic carbocycles. The van der Waals surface area contributed by atoms with Gasteiger partial charge >= 0.3 is 0 Å². The number of carbonyl (C=O) groups is 1. The van der Waals surface area contributed by atoms with Crippen molar-refractivity contribution in [3.8, 4) is 0 Å². The largest absolute Gasteiger partial charge is 0.381 e. The van der Waals surface area contributed by atoms with Crippen LogP contribution in [0.4, 0.5) is 11.4 Å². The molecule has 22 heavy (non-hydrogen) atoms. The quantitative estimate of drug-likeness (QED) is 0.925. The lowest BCUT2D eigenvalue weighted by Crippen LogP contribution is -2.44. The Morgan fingerprint density at radius 1 is 1.09 bits per heavy atom. The molecule has 1 N–H and O–H groups in total. The third-order valence-electron chi connectivity index (χ3n) is 4.60. The third-order valence-corrected chi connectivity index (χ3v) is 4.60. The number of carbonyl (C=O) groups excluding carboxylic acids is 1. The number of ether oxygens (including phenoxy) is 1. The highest BCUT2D eigenvalue weighted by molar-refractivity contribution is 5.92. The molecule has 0 unspecified atom stereocenters. The van der Waals surface area contributed by atoms with E-state index >= 15 is 0 Å². The summed E-state index contributed by atoms with van der Waals surface area (Å²) in [6.45, 7) is 5.71. The number of anilines is 2. The Bertz CT molecular complexity index is 489. The number of hydrogen-bond acceptors (Lipinski definition) is 4. The van der Waals surface area contributed by atoms with Crippen LogP contribution in [0, 0.1) is 5.92 Å². The minimum atomic E-state index is 0.0889. The van der Waals surface area contributed by atoms with Crippen LogP contribution in [0.5, 0.6) is 0 Å². The third kappa shape index (κ3) is 3.78. The number of likely N-dealkylation sites (N-methyl/N-ethyl adjacent to an activating group) is 1. The van der Waals surface area contributed by atoms with E-state index in [1.807, 2.05) is 12.1 Å². The molecule has 2 heterocycles. The fourth-order valence-electron chi connectivity index (χ4n) is 3.02. The minimum absolute atomic E-state index is 0.0889. The number of benzene rings is 1. The van der Waals surface area contributed by atoms with Crippen molar-refractivity contribution < 1.29 is 9.53 Å². The van der Waals surface area contributed by atoms with E-state index in [2.05, 4.69) is 34.3 Å². The number of amides is 1. The van der Waals surface area contributed by atoms with E-state index in [-0.39, 0.29) is 11.8 Å². The summed E-state index contributed by atoms with van der Waals surface area (Å²) >= 11 is 0. The number of rotatable bonds is 3. The molecule has 0 atom stereocenters. The molecule has 120 valence electrons. The Kier molecular flexibility index (Phi) is 4.95. The highest BCUT2D eigenvalue weighted by Crippen LogP contribution is 2.21. The molecule has 0 aliphatic carbocycles. The first-order valence-corrected chi connectivity index (χ1v) is 8.14. The molecular formula is C17H25N3O2. The second-order valence-electron chi connectivity index (χ2n) is 6.21. The van der Waals surface area contributed by atoms with Gasteiger partial charge < -0.3 is 19.9 Å².